The van der Waals surface area contributed by atoms with Gasteiger partial charge in [0.2, 0.25) is 0 Å². The number of hydrogen-bond donors (Lipinski definition) is 0. The molecule has 1 heterocycles. The monoisotopic (exact) mass is 292 g/mol. The van der Waals surface area contributed by atoms with Gasteiger partial charge in [0.15, 0.2) is 5.78 Å². The first-order chi connectivity index (χ1) is 10.7. The maximum absolute atomic E-state index is 12.2. The quantitative estimate of drug-likeness (QED) is 0.417. The van der Waals surface area contributed by atoms with Crippen molar-refractivity contribution in [3.63, 3.8) is 0 Å². The van der Waals surface area contributed by atoms with Gasteiger partial charge in [-0.3, -0.25) is 4.79 Å². The van der Waals surface area contributed by atoms with Crippen LogP contribution in [0.5, 0.6) is 5.75 Å². The number of ketones is 1. The van der Waals surface area contributed by atoms with E-state index in [1.165, 1.54) is 18.6 Å². The van der Waals surface area contributed by atoms with Crippen LogP contribution in [0, 0.1) is 0 Å². The number of rotatable bonds is 4. The van der Waals surface area contributed by atoms with Gasteiger partial charge in [-0.05, 0) is 30.3 Å². The number of esters is 1. The molecule has 4 heteroatoms. The van der Waals surface area contributed by atoms with E-state index < -0.39 is 5.97 Å². The molecule has 0 N–H and O–H groups in total. The zero-order valence-electron chi connectivity index (χ0n) is 11.6. The highest BCUT2D eigenvalue weighted by atomic mass is 16.5. The Bertz CT molecular complexity index is 772. The SMILES string of the molecule is O=C(Oc1ccc(C(=O)c2ccccc2)cc1)c1ccoc1. The molecule has 0 amide bonds. The molecule has 3 aromatic rings. The van der Waals surface area contributed by atoms with Crippen molar-refractivity contribution in [3.8, 4) is 5.75 Å². The maximum atomic E-state index is 12.2. The third kappa shape index (κ3) is 2.96. The predicted molar refractivity (Wildman–Crippen MR) is 80.0 cm³/mol. The van der Waals surface area contributed by atoms with Crippen molar-refractivity contribution in [2.75, 3.05) is 0 Å². The second-order valence-electron chi connectivity index (χ2n) is 4.62. The van der Waals surface area contributed by atoms with Crippen LogP contribution in [0.3, 0.4) is 0 Å². The molecule has 108 valence electrons. The lowest BCUT2D eigenvalue weighted by atomic mass is 10.0. The Morgan fingerprint density at radius 1 is 0.773 bits per heavy atom. The summed E-state index contributed by atoms with van der Waals surface area (Å²) in [5.41, 5.74) is 1.49. The van der Waals surface area contributed by atoms with Gasteiger partial charge in [-0.1, -0.05) is 30.3 Å². The fourth-order valence-electron chi connectivity index (χ4n) is 1.98. The number of ether oxygens (including phenoxy) is 1. The Morgan fingerprint density at radius 3 is 2.09 bits per heavy atom. The van der Waals surface area contributed by atoms with Crippen LogP contribution in [0.2, 0.25) is 0 Å². The van der Waals surface area contributed by atoms with Crippen LogP contribution in [0.4, 0.5) is 0 Å². The van der Waals surface area contributed by atoms with Crippen LogP contribution in [-0.2, 0) is 0 Å². The van der Waals surface area contributed by atoms with Gasteiger partial charge in [0, 0.05) is 11.1 Å². The molecular weight excluding hydrogens is 280 g/mol. The third-order valence-electron chi connectivity index (χ3n) is 3.12. The van der Waals surface area contributed by atoms with Gasteiger partial charge in [0.05, 0.1) is 11.8 Å². The van der Waals surface area contributed by atoms with E-state index in [0.717, 1.165) is 0 Å². The highest BCUT2D eigenvalue weighted by Gasteiger charge is 2.11. The molecule has 4 nitrogen and oxygen atoms in total. The first-order valence-electron chi connectivity index (χ1n) is 6.68. The molecule has 3 rings (SSSR count). The van der Waals surface area contributed by atoms with Crippen molar-refractivity contribution in [2.45, 2.75) is 0 Å². The lowest BCUT2D eigenvalue weighted by Crippen LogP contribution is -2.07. The summed E-state index contributed by atoms with van der Waals surface area (Å²) in [4.78, 5) is 24.0. The average molecular weight is 292 g/mol. The molecule has 1 aromatic heterocycles. The number of benzene rings is 2. The van der Waals surface area contributed by atoms with E-state index in [-0.39, 0.29) is 5.78 Å². The molecule has 0 saturated carbocycles. The second kappa shape index (κ2) is 6.10. The van der Waals surface area contributed by atoms with Crippen LogP contribution in [0.25, 0.3) is 0 Å². The van der Waals surface area contributed by atoms with Crippen LogP contribution >= 0.6 is 0 Å². The zero-order valence-corrected chi connectivity index (χ0v) is 11.6. The Kier molecular flexibility index (Phi) is 3.83. The van der Waals surface area contributed by atoms with E-state index in [4.69, 9.17) is 9.15 Å². The van der Waals surface area contributed by atoms with Crippen molar-refractivity contribution in [2.24, 2.45) is 0 Å². The van der Waals surface area contributed by atoms with Gasteiger partial charge >= 0.3 is 5.97 Å². The molecule has 0 aliphatic carbocycles. The Morgan fingerprint density at radius 2 is 1.45 bits per heavy atom. The maximum Gasteiger partial charge on any atom is 0.346 e. The fraction of sp³-hybridized carbons (Fsp3) is 0. The van der Waals surface area contributed by atoms with Gasteiger partial charge in [0.25, 0.3) is 0 Å². The standard InChI is InChI=1S/C18H12O4/c19-17(13-4-2-1-3-5-13)14-6-8-16(9-7-14)22-18(20)15-10-11-21-12-15/h1-12H. The molecule has 0 saturated heterocycles. The predicted octanol–water partition coefficient (Wildman–Crippen LogP) is 3.73. The molecule has 22 heavy (non-hydrogen) atoms. The van der Waals surface area contributed by atoms with Crippen LogP contribution in [0.15, 0.2) is 77.6 Å². The van der Waals surface area contributed by atoms with Crippen LogP contribution in [-0.4, -0.2) is 11.8 Å². The van der Waals surface area contributed by atoms with E-state index in [1.807, 2.05) is 18.2 Å². The van der Waals surface area contributed by atoms with E-state index >= 15 is 0 Å². The normalized spacial score (nSPS) is 10.2. The smallest absolute Gasteiger partial charge is 0.346 e. The summed E-state index contributed by atoms with van der Waals surface area (Å²) in [5, 5.41) is 0. The molecule has 0 spiro atoms. The molecule has 0 fully saturated rings. The summed E-state index contributed by atoms with van der Waals surface area (Å²) in [6.07, 6.45) is 2.72. The summed E-state index contributed by atoms with van der Waals surface area (Å²) < 4.78 is 10.0. The molecule has 0 unspecified atom stereocenters. The summed E-state index contributed by atoms with van der Waals surface area (Å²) in [6, 6.07) is 17.0. The summed E-state index contributed by atoms with van der Waals surface area (Å²) in [6.45, 7) is 0. The first kappa shape index (κ1) is 13.8. The van der Waals surface area contributed by atoms with Crippen molar-refractivity contribution < 1.29 is 18.7 Å². The van der Waals surface area contributed by atoms with E-state index in [1.54, 1.807) is 36.4 Å². The number of carbonyl (C=O) groups is 2. The minimum absolute atomic E-state index is 0.0756. The Labute approximate surface area is 127 Å². The lowest BCUT2D eigenvalue weighted by molar-refractivity contribution is 0.0734. The highest BCUT2D eigenvalue weighted by molar-refractivity contribution is 6.09. The molecule has 0 aliphatic rings. The summed E-state index contributed by atoms with van der Waals surface area (Å²) in [5.74, 6) is -0.208. The van der Waals surface area contributed by atoms with Gasteiger partial charge in [-0.25, -0.2) is 4.79 Å². The van der Waals surface area contributed by atoms with Crippen molar-refractivity contribution >= 4 is 11.8 Å². The van der Waals surface area contributed by atoms with Crippen molar-refractivity contribution in [1.82, 2.24) is 0 Å². The number of furan rings is 1. The Balaban J connectivity index is 1.73. The van der Waals surface area contributed by atoms with Gasteiger partial charge in [-0.2, -0.15) is 0 Å². The number of carbonyl (C=O) groups excluding carboxylic acids is 2. The summed E-state index contributed by atoms with van der Waals surface area (Å²) in [7, 11) is 0. The molecule has 0 atom stereocenters. The minimum atomic E-state index is -0.504. The summed E-state index contributed by atoms with van der Waals surface area (Å²) >= 11 is 0. The second-order valence-corrected chi connectivity index (χ2v) is 4.62. The minimum Gasteiger partial charge on any atom is -0.472 e. The molecule has 2 aromatic carbocycles. The van der Waals surface area contributed by atoms with E-state index in [0.29, 0.717) is 22.4 Å². The van der Waals surface area contributed by atoms with Gasteiger partial charge < -0.3 is 9.15 Å². The van der Waals surface area contributed by atoms with Crippen molar-refractivity contribution in [3.05, 3.63) is 89.9 Å². The molecule has 0 bridgehead atoms. The average Bonchev–Trinajstić information content (AvgIpc) is 3.10. The molecule has 0 radical (unpaired) electrons. The van der Waals surface area contributed by atoms with Crippen LogP contribution < -0.4 is 4.74 Å². The third-order valence-corrected chi connectivity index (χ3v) is 3.12. The molecule has 0 aliphatic heterocycles. The van der Waals surface area contributed by atoms with Gasteiger partial charge in [-0.15, -0.1) is 0 Å². The van der Waals surface area contributed by atoms with E-state index in [9.17, 15) is 9.59 Å². The van der Waals surface area contributed by atoms with Crippen LogP contribution in [0.1, 0.15) is 26.3 Å². The first-order valence-corrected chi connectivity index (χ1v) is 6.68. The Hall–Kier alpha value is -3.14. The molecular formula is C18H12O4. The topological polar surface area (TPSA) is 56.5 Å². The van der Waals surface area contributed by atoms with Crippen molar-refractivity contribution in [1.29, 1.82) is 0 Å². The number of hydrogen-bond acceptors (Lipinski definition) is 4. The van der Waals surface area contributed by atoms with E-state index in [2.05, 4.69) is 0 Å². The largest absolute Gasteiger partial charge is 0.472 e. The van der Waals surface area contributed by atoms with Gasteiger partial charge in [0.1, 0.15) is 12.0 Å². The highest BCUT2D eigenvalue weighted by Crippen LogP contribution is 2.17. The zero-order chi connectivity index (χ0) is 15.4. The fourth-order valence-corrected chi connectivity index (χ4v) is 1.98. The lowest BCUT2D eigenvalue weighted by Gasteiger charge is -2.04.